The summed E-state index contributed by atoms with van der Waals surface area (Å²) in [6.07, 6.45) is 0.248. The van der Waals surface area contributed by atoms with Gasteiger partial charge in [0.1, 0.15) is 12.4 Å². The first-order chi connectivity index (χ1) is 12.5. The van der Waals surface area contributed by atoms with E-state index in [1.54, 1.807) is 4.90 Å². The van der Waals surface area contributed by atoms with E-state index in [1.807, 2.05) is 56.3 Å². The van der Waals surface area contributed by atoms with Crippen LogP contribution in [-0.2, 0) is 9.59 Å². The number of amides is 2. The van der Waals surface area contributed by atoms with E-state index in [2.05, 4.69) is 11.4 Å². The first kappa shape index (κ1) is 18.0. The van der Waals surface area contributed by atoms with Crippen molar-refractivity contribution < 1.29 is 14.3 Å². The van der Waals surface area contributed by atoms with Gasteiger partial charge in [-0.3, -0.25) is 9.59 Å². The van der Waals surface area contributed by atoms with Gasteiger partial charge in [-0.2, -0.15) is 0 Å². The largest absolute Gasteiger partial charge is 0.492 e. The molecule has 1 fully saturated rings. The molecular weight excluding hydrogens is 328 g/mol. The Morgan fingerprint density at radius 3 is 2.54 bits per heavy atom. The van der Waals surface area contributed by atoms with Crippen LogP contribution >= 0.6 is 0 Å². The lowest BCUT2D eigenvalue weighted by Gasteiger charge is -2.18. The van der Waals surface area contributed by atoms with Gasteiger partial charge >= 0.3 is 0 Å². The average Bonchev–Trinajstić information content (AvgIpc) is 3.00. The van der Waals surface area contributed by atoms with Crippen LogP contribution in [0.1, 0.15) is 17.5 Å². The molecule has 2 aromatic rings. The number of aryl methyl sites for hydroxylation is 2. The molecule has 1 heterocycles. The van der Waals surface area contributed by atoms with Crippen LogP contribution in [0.5, 0.6) is 5.75 Å². The summed E-state index contributed by atoms with van der Waals surface area (Å²) in [5, 5.41) is 2.87. The van der Waals surface area contributed by atoms with Crippen LogP contribution in [0.3, 0.4) is 0 Å². The predicted molar refractivity (Wildman–Crippen MR) is 101 cm³/mol. The Labute approximate surface area is 154 Å². The second kappa shape index (κ2) is 8.04. The highest BCUT2D eigenvalue weighted by atomic mass is 16.5. The third-order valence-corrected chi connectivity index (χ3v) is 4.43. The van der Waals surface area contributed by atoms with Crippen molar-refractivity contribution in [2.24, 2.45) is 5.92 Å². The minimum Gasteiger partial charge on any atom is -0.492 e. The van der Waals surface area contributed by atoms with Crippen LogP contribution in [0.4, 0.5) is 5.69 Å². The lowest BCUT2D eigenvalue weighted by molar-refractivity contribution is -0.126. The third-order valence-electron chi connectivity index (χ3n) is 4.43. The Balaban J connectivity index is 1.50. The zero-order chi connectivity index (χ0) is 18.5. The van der Waals surface area contributed by atoms with Crippen LogP contribution in [0.15, 0.2) is 48.5 Å². The number of benzene rings is 2. The lowest BCUT2D eigenvalue weighted by Crippen LogP contribution is -2.35. The summed E-state index contributed by atoms with van der Waals surface area (Å²) in [7, 11) is 0. The van der Waals surface area contributed by atoms with Crippen molar-refractivity contribution in [3.8, 4) is 5.75 Å². The molecule has 1 aliphatic heterocycles. The molecule has 2 amide bonds. The van der Waals surface area contributed by atoms with Crippen LogP contribution in [-0.4, -0.2) is 31.5 Å². The second-order valence-corrected chi connectivity index (χ2v) is 6.70. The zero-order valence-electron chi connectivity index (χ0n) is 15.2. The Kier molecular flexibility index (Phi) is 5.56. The quantitative estimate of drug-likeness (QED) is 0.814. The molecule has 1 unspecified atom stereocenters. The van der Waals surface area contributed by atoms with Crippen molar-refractivity contribution in [3.05, 3.63) is 59.7 Å². The van der Waals surface area contributed by atoms with Crippen LogP contribution in [0.25, 0.3) is 0 Å². The SMILES string of the molecule is Cc1cc(C)cc(N2CC(C(=O)NCCOc3ccccc3)CC2=O)c1. The Morgan fingerprint density at radius 2 is 1.85 bits per heavy atom. The predicted octanol–water partition coefficient (Wildman–Crippen LogP) is 2.85. The highest BCUT2D eigenvalue weighted by molar-refractivity contribution is 6.00. The number of nitrogens with one attached hydrogen (secondary N) is 1. The summed E-state index contributed by atoms with van der Waals surface area (Å²) in [5.74, 6) is 0.358. The molecule has 5 heteroatoms. The molecule has 2 aromatic carbocycles. The van der Waals surface area contributed by atoms with Crippen molar-refractivity contribution >= 4 is 17.5 Å². The van der Waals surface area contributed by atoms with E-state index in [9.17, 15) is 9.59 Å². The molecule has 0 aromatic heterocycles. The van der Waals surface area contributed by atoms with Gasteiger partial charge in [0.05, 0.1) is 12.5 Å². The van der Waals surface area contributed by atoms with Gasteiger partial charge in [0.25, 0.3) is 0 Å². The van der Waals surface area contributed by atoms with E-state index < -0.39 is 0 Å². The molecule has 1 aliphatic rings. The molecule has 0 aliphatic carbocycles. The summed E-state index contributed by atoms with van der Waals surface area (Å²) in [6.45, 7) is 5.26. The molecular formula is C21H24N2O3. The zero-order valence-corrected chi connectivity index (χ0v) is 15.2. The van der Waals surface area contributed by atoms with Gasteiger partial charge in [-0.25, -0.2) is 0 Å². The number of rotatable bonds is 6. The molecule has 0 bridgehead atoms. The maximum atomic E-state index is 12.4. The van der Waals surface area contributed by atoms with Gasteiger partial charge in [-0.15, -0.1) is 0 Å². The van der Waals surface area contributed by atoms with Gasteiger partial charge in [0.15, 0.2) is 0 Å². The van der Waals surface area contributed by atoms with Gasteiger partial charge in [0, 0.05) is 18.7 Å². The number of carbonyl (C=O) groups excluding carboxylic acids is 2. The number of hydrogen-bond acceptors (Lipinski definition) is 3. The van der Waals surface area contributed by atoms with Crippen molar-refractivity contribution in [3.63, 3.8) is 0 Å². The summed E-state index contributed by atoms with van der Waals surface area (Å²) < 4.78 is 5.56. The first-order valence-corrected chi connectivity index (χ1v) is 8.87. The normalized spacial score (nSPS) is 16.6. The molecule has 0 spiro atoms. The van der Waals surface area contributed by atoms with E-state index in [0.717, 1.165) is 22.6 Å². The molecule has 3 rings (SSSR count). The molecule has 136 valence electrons. The number of anilines is 1. The number of hydrogen-bond donors (Lipinski definition) is 1. The smallest absolute Gasteiger partial charge is 0.227 e. The third kappa shape index (κ3) is 4.42. The molecule has 1 atom stereocenters. The topological polar surface area (TPSA) is 58.6 Å². The minimum absolute atomic E-state index is 0.00399. The monoisotopic (exact) mass is 352 g/mol. The molecule has 1 saturated heterocycles. The fourth-order valence-electron chi connectivity index (χ4n) is 3.24. The first-order valence-electron chi connectivity index (χ1n) is 8.87. The highest BCUT2D eigenvalue weighted by Gasteiger charge is 2.35. The van der Waals surface area contributed by atoms with Crippen molar-refractivity contribution in [1.82, 2.24) is 5.32 Å². The van der Waals surface area contributed by atoms with E-state index in [0.29, 0.717) is 19.7 Å². The van der Waals surface area contributed by atoms with Crippen molar-refractivity contribution in [2.45, 2.75) is 20.3 Å². The number of ether oxygens (including phenoxy) is 1. The Morgan fingerprint density at radius 1 is 1.15 bits per heavy atom. The van der Waals surface area contributed by atoms with Crippen LogP contribution in [0.2, 0.25) is 0 Å². The van der Waals surface area contributed by atoms with Gasteiger partial charge in [-0.1, -0.05) is 24.3 Å². The fraction of sp³-hybridized carbons (Fsp3) is 0.333. The van der Waals surface area contributed by atoms with Crippen molar-refractivity contribution in [2.75, 3.05) is 24.6 Å². The van der Waals surface area contributed by atoms with E-state index in [-0.39, 0.29) is 24.2 Å². The van der Waals surface area contributed by atoms with Crippen LogP contribution < -0.4 is 15.0 Å². The Hall–Kier alpha value is -2.82. The second-order valence-electron chi connectivity index (χ2n) is 6.70. The summed E-state index contributed by atoms with van der Waals surface area (Å²) in [6, 6.07) is 15.5. The highest BCUT2D eigenvalue weighted by Crippen LogP contribution is 2.27. The number of carbonyl (C=O) groups is 2. The maximum absolute atomic E-state index is 12.4. The van der Waals surface area contributed by atoms with Crippen molar-refractivity contribution in [1.29, 1.82) is 0 Å². The van der Waals surface area contributed by atoms with E-state index >= 15 is 0 Å². The molecule has 0 saturated carbocycles. The molecule has 1 N–H and O–H groups in total. The minimum atomic E-state index is -0.319. The molecule has 5 nitrogen and oxygen atoms in total. The molecule has 0 radical (unpaired) electrons. The van der Waals surface area contributed by atoms with E-state index in [4.69, 9.17) is 4.74 Å². The van der Waals surface area contributed by atoms with E-state index in [1.165, 1.54) is 0 Å². The van der Waals surface area contributed by atoms with Gasteiger partial charge < -0.3 is 15.0 Å². The summed E-state index contributed by atoms with van der Waals surface area (Å²) in [5.41, 5.74) is 3.09. The maximum Gasteiger partial charge on any atom is 0.227 e. The summed E-state index contributed by atoms with van der Waals surface area (Å²) in [4.78, 5) is 26.4. The van der Waals surface area contributed by atoms with Gasteiger partial charge in [-0.05, 0) is 49.2 Å². The van der Waals surface area contributed by atoms with Crippen LogP contribution in [0, 0.1) is 19.8 Å². The van der Waals surface area contributed by atoms with Gasteiger partial charge in [0.2, 0.25) is 11.8 Å². The standard InChI is InChI=1S/C21H24N2O3/c1-15-10-16(2)12-18(11-15)23-14-17(13-20(23)24)21(25)22-8-9-26-19-6-4-3-5-7-19/h3-7,10-12,17H,8-9,13-14H2,1-2H3,(H,22,25). The fourth-order valence-corrected chi connectivity index (χ4v) is 3.24. The number of nitrogens with zero attached hydrogens (tertiary/aromatic N) is 1. The Bertz CT molecular complexity index is 769. The molecule has 26 heavy (non-hydrogen) atoms. The average molecular weight is 352 g/mol. The summed E-state index contributed by atoms with van der Waals surface area (Å²) >= 11 is 0. The number of para-hydroxylation sites is 1. The lowest BCUT2D eigenvalue weighted by atomic mass is 10.1.